The highest BCUT2D eigenvalue weighted by Crippen LogP contribution is 2.29. The van der Waals surface area contributed by atoms with Crippen molar-refractivity contribution in [3.8, 4) is 23.6 Å². The van der Waals surface area contributed by atoms with Crippen LogP contribution in [0.4, 0.5) is 11.4 Å². The van der Waals surface area contributed by atoms with Crippen LogP contribution in [0.2, 0.25) is 0 Å². The van der Waals surface area contributed by atoms with E-state index in [2.05, 4.69) is 10.6 Å². The van der Waals surface area contributed by atoms with E-state index in [1.54, 1.807) is 54.6 Å². The van der Waals surface area contributed by atoms with Crippen molar-refractivity contribution >= 4 is 17.3 Å². The maximum absolute atomic E-state index is 12.5. The monoisotopic (exact) mass is 348 g/mol. The summed E-state index contributed by atoms with van der Waals surface area (Å²) in [7, 11) is 3.04. The number of allylic oxidation sites excluding steroid dienone is 1. The van der Waals surface area contributed by atoms with Crippen molar-refractivity contribution in [2.45, 2.75) is 0 Å². The number of nitrogens with one attached hydrogen (secondary N) is 2. The molecule has 0 saturated carbocycles. The Morgan fingerprint density at radius 1 is 1.08 bits per heavy atom. The molecule has 0 radical (unpaired) electrons. The van der Waals surface area contributed by atoms with E-state index in [0.717, 1.165) is 0 Å². The SMILES string of the molecule is COc1ccc(OC)c(NC(=O)c2cccc(NC=C(C#N)C#N)c2)c1. The van der Waals surface area contributed by atoms with Gasteiger partial charge in [0.1, 0.15) is 29.2 Å². The van der Waals surface area contributed by atoms with Crippen LogP contribution in [-0.2, 0) is 0 Å². The topological polar surface area (TPSA) is 107 Å². The largest absolute Gasteiger partial charge is 0.497 e. The molecule has 26 heavy (non-hydrogen) atoms. The summed E-state index contributed by atoms with van der Waals surface area (Å²) in [6, 6.07) is 15.2. The molecule has 1 amide bonds. The van der Waals surface area contributed by atoms with Gasteiger partial charge in [0.2, 0.25) is 0 Å². The summed E-state index contributed by atoms with van der Waals surface area (Å²) in [6.07, 6.45) is 1.28. The second kappa shape index (κ2) is 8.76. The van der Waals surface area contributed by atoms with Crippen molar-refractivity contribution in [1.29, 1.82) is 10.5 Å². The Balaban J connectivity index is 2.21. The molecule has 0 atom stereocenters. The number of carbonyl (C=O) groups is 1. The van der Waals surface area contributed by atoms with Crippen molar-refractivity contribution in [3.05, 3.63) is 59.8 Å². The number of nitriles is 2. The van der Waals surface area contributed by atoms with Crippen LogP contribution in [0, 0.1) is 22.7 Å². The number of hydrogen-bond donors (Lipinski definition) is 2. The van der Waals surface area contributed by atoms with Crippen LogP contribution in [0.1, 0.15) is 10.4 Å². The van der Waals surface area contributed by atoms with Crippen molar-refractivity contribution in [2.75, 3.05) is 24.9 Å². The van der Waals surface area contributed by atoms with Gasteiger partial charge in [0.05, 0.1) is 19.9 Å². The fourth-order valence-electron chi connectivity index (χ4n) is 2.10. The van der Waals surface area contributed by atoms with Crippen molar-refractivity contribution < 1.29 is 14.3 Å². The summed E-state index contributed by atoms with van der Waals surface area (Å²) < 4.78 is 10.4. The van der Waals surface area contributed by atoms with E-state index in [9.17, 15) is 4.79 Å². The molecule has 0 aromatic heterocycles. The molecule has 0 aliphatic rings. The summed E-state index contributed by atoms with van der Waals surface area (Å²) >= 11 is 0. The number of anilines is 2. The molecule has 0 bridgehead atoms. The van der Waals surface area contributed by atoms with Gasteiger partial charge < -0.3 is 20.1 Å². The molecule has 0 saturated heterocycles. The normalized spacial score (nSPS) is 9.23. The van der Waals surface area contributed by atoms with E-state index < -0.39 is 0 Å². The standard InChI is InChI=1S/C19H16N4O3/c1-25-16-6-7-18(26-2)17(9-16)23-19(24)14-4-3-5-15(8-14)22-12-13(10-20)11-21/h3-9,12,22H,1-2H3,(H,23,24). The number of methoxy groups -OCH3 is 2. The van der Waals surface area contributed by atoms with E-state index in [-0.39, 0.29) is 11.5 Å². The number of benzene rings is 2. The lowest BCUT2D eigenvalue weighted by atomic mass is 10.1. The first kappa shape index (κ1) is 18.4. The summed E-state index contributed by atoms with van der Waals surface area (Å²) in [6.45, 7) is 0. The van der Waals surface area contributed by atoms with Crippen molar-refractivity contribution in [2.24, 2.45) is 0 Å². The van der Waals surface area contributed by atoms with E-state index in [4.69, 9.17) is 20.0 Å². The lowest BCUT2D eigenvalue weighted by Crippen LogP contribution is -2.13. The Bertz CT molecular complexity index is 907. The molecule has 0 unspecified atom stereocenters. The number of ether oxygens (including phenoxy) is 2. The molecule has 2 N–H and O–H groups in total. The van der Waals surface area contributed by atoms with Crippen LogP contribution in [0.3, 0.4) is 0 Å². The number of nitrogens with zero attached hydrogens (tertiary/aromatic N) is 2. The molecule has 7 heteroatoms. The van der Waals surface area contributed by atoms with Gasteiger partial charge in [-0.25, -0.2) is 0 Å². The number of hydrogen-bond acceptors (Lipinski definition) is 6. The van der Waals surface area contributed by atoms with Crippen LogP contribution in [0.15, 0.2) is 54.2 Å². The quantitative estimate of drug-likeness (QED) is 0.776. The lowest BCUT2D eigenvalue weighted by molar-refractivity contribution is 0.102. The Morgan fingerprint density at radius 3 is 2.50 bits per heavy atom. The number of rotatable bonds is 6. The average molecular weight is 348 g/mol. The fourth-order valence-corrected chi connectivity index (χ4v) is 2.10. The van der Waals surface area contributed by atoms with Crippen LogP contribution < -0.4 is 20.1 Å². The molecular weight excluding hydrogens is 332 g/mol. The van der Waals surface area contributed by atoms with Gasteiger partial charge in [-0.3, -0.25) is 4.79 Å². The van der Waals surface area contributed by atoms with Crippen molar-refractivity contribution in [3.63, 3.8) is 0 Å². The van der Waals surface area contributed by atoms with Crippen LogP contribution in [-0.4, -0.2) is 20.1 Å². The summed E-state index contributed by atoms with van der Waals surface area (Å²) in [4.78, 5) is 12.5. The molecular formula is C19H16N4O3. The van der Waals surface area contributed by atoms with Gasteiger partial charge in [-0.15, -0.1) is 0 Å². The highest BCUT2D eigenvalue weighted by molar-refractivity contribution is 6.05. The van der Waals surface area contributed by atoms with Crippen LogP contribution in [0.5, 0.6) is 11.5 Å². The molecule has 2 aromatic rings. The smallest absolute Gasteiger partial charge is 0.255 e. The molecule has 2 rings (SSSR count). The van der Waals surface area contributed by atoms with E-state index in [1.807, 2.05) is 0 Å². The Morgan fingerprint density at radius 2 is 1.85 bits per heavy atom. The summed E-state index contributed by atoms with van der Waals surface area (Å²) in [5, 5.41) is 23.1. The summed E-state index contributed by atoms with van der Waals surface area (Å²) in [5.74, 6) is 0.746. The first-order valence-electron chi connectivity index (χ1n) is 7.51. The third-order valence-corrected chi connectivity index (χ3v) is 3.40. The fraction of sp³-hybridized carbons (Fsp3) is 0.105. The molecule has 0 heterocycles. The first-order valence-corrected chi connectivity index (χ1v) is 7.51. The highest BCUT2D eigenvalue weighted by Gasteiger charge is 2.11. The third kappa shape index (κ3) is 4.53. The van der Waals surface area contributed by atoms with E-state index in [1.165, 1.54) is 20.4 Å². The van der Waals surface area contributed by atoms with Crippen molar-refractivity contribution in [1.82, 2.24) is 0 Å². The minimum atomic E-state index is -0.343. The lowest BCUT2D eigenvalue weighted by Gasteiger charge is -2.12. The predicted octanol–water partition coefficient (Wildman–Crippen LogP) is 3.30. The second-order valence-corrected chi connectivity index (χ2v) is 5.03. The van der Waals surface area contributed by atoms with E-state index >= 15 is 0 Å². The minimum absolute atomic E-state index is 0.0685. The maximum atomic E-state index is 12.5. The van der Waals surface area contributed by atoms with Gasteiger partial charge >= 0.3 is 0 Å². The molecule has 7 nitrogen and oxygen atoms in total. The van der Waals surface area contributed by atoms with Gasteiger partial charge in [-0.1, -0.05) is 6.07 Å². The Hall–Kier alpha value is -3.97. The average Bonchev–Trinajstić information content (AvgIpc) is 2.68. The number of amides is 1. The molecule has 0 aliphatic heterocycles. The second-order valence-electron chi connectivity index (χ2n) is 5.03. The van der Waals surface area contributed by atoms with Gasteiger partial charge in [0.25, 0.3) is 5.91 Å². The number of carbonyl (C=O) groups excluding carboxylic acids is 1. The predicted molar refractivity (Wildman–Crippen MR) is 96.9 cm³/mol. The van der Waals surface area contributed by atoms with E-state index in [0.29, 0.717) is 28.4 Å². The van der Waals surface area contributed by atoms with Crippen LogP contribution >= 0.6 is 0 Å². The molecule has 0 aliphatic carbocycles. The van der Waals surface area contributed by atoms with Crippen LogP contribution in [0.25, 0.3) is 0 Å². The highest BCUT2D eigenvalue weighted by atomic mass is 16.5. The van der Waals surface area contributed by atoms with Gasteiger partial charge in [-0.2, -0.15) is 10.5 Å². The zero-order chi connectivity index (χ0) is 18.9. The minimum Gasteiger partial charge on any atom is -0.497 e. The molecule has 0 spiro atoms. The Labute approximate surface area is 151 Å². The molecule has 2 aromatic carbocycles. The van der Waals surface area contributed by atoms with Gasteiger partial charge in [-0.05, 0) is 30.3 Å². The third-order valence-electron chi connectivity index (χ3n) is 3.40. The molecule has 130 valence electrons. The van der Waals surface area contributed by atoms with Gasteiger partial charge in [0.15, 0.2) is 0 Å². The Kier molecular flexibility index (Phi) is 6.19. The van der Waals surface area contributed by atoms with Gasteiger partial charge in [0, 0.05) is 23.5 Å². The first-order chi connectivity index (χ1) is 12.6. The zero-order valence-electron chi connectivity index (χ0n) is 14.2. The zero-order valence-corrected chi connectivity index (χ0v) is 14.2. The summed E-state index contributed by atoms with van der Waals surface area (Å²) in [5.41, 5.74) is 1.37. The maximum Gasteiger partial charge on any atom is 0.255 e. The molecule has 0 fully saturated rings.